The van der Waals surface area contributed by atoms with Gasteiger partial charge in [0.2, 0.25) is 0 Å². The van der Waals surface area contributed by atoms with Gasteiger partial charge < -0.3 is 19.8 Å². The van der Waals surface area contributed by atoms with Crippen LogP contribution < -0.4 is 0 Å². The van der Waals surface area contributed by atoms with Crippen LogP contribution in [0, 0.1) is 14.9 Å². The first-order chi connectivity index (χ1) is 13.0. The first-order valence-electron chi connectivity index (χ1n) is 11.0. The number of fused-ring (bicyclic) bond motifs is 3. The van der Waals surface area contributed by atoms with Crippen molar-refractivity contribution in [1.29, 1.82) is 0 Å². The van der Waals surface area contributed by atoms with Gasteiger partial charge in [0, 0.05) is 0 Å². The molecule has 0 aromatic heterocycles. The third-order valence-electron chi connectivity index (χ3n) is 6.08. The van der Waals surface area contributed by atoms with E-state index in [-0.39, 0.29) is 52.9 Å². The van der Waals surface area contributed by atoms with Crippen molar-refractivity contribution < 1.29 is 21.7 Å². The van der Waals surface area contributed by atoms with E-state index in [1.165, 1.54) is 33.4 Å². The van der Waals surface area contributed by atoms with Gasteiger partial charge in [-0.2, -0.15) is 0 Å². The summed E-state index contributed by atoms with van der Waals surface area (Å²) in [5.41, 5.74) is 9.39. The van der Waals surface area contributed by atoms with Gasteiger partial charge in [0.25, 0.3) is 0 Å². The number of hydrogen-bond acceptors (Lipinski definition) is 0. The maximum Gasteiger partial charge on any atom is 3.00 e. The Balaban J connectivity index is 0.00000320. The molecule has 3 rings (SSSR count). The van der Waals surface area contributed by atoms with E-state index in [0.717, 1.165) is 0 Å². The molecule has 0 saturated heterocycles. The van der Waals surface area contributed by atoms with Crippen molar-refractivity contribution in [2.24, 2.45) is 0 Å². The van der Waals surface area contributed by atoms with Gasteiger partial charge in [-0.25, -0.2) is 0 Å². The average molecular weight is 485 g/mol. The Labute approximate surface area is 216 Å². The quantitative estimate of drug-likeness (QED) is 0.298. The van der Waals surface area contributed by atoms with Crippen LogP contribution in [-0.4, -0.2) is 13.8 Å². The van der Waals surface area contributed by atoms with E-state index in [2.05, 4.69) is 112 Å². The van der Waals surface area contributed by atoms with Crippen molar-refractivity contribution in [2.45, 2.75) is 97.3 Å². The summed E-state index contributed by atoms with van der Waals surface area (Å²) < 4.78 is 0. The molecular formula is C29H46NSiTi. The summed E-state index contributed by atoms with van der Waals surface area (Å²) in [7, 11) is -1.95. The molecule has 0 bridgehead atoms. The fourth-order valence-corrected chi connectivity index (χ4v) is 8.74. The monoisotopic (exact) mass is 484 g/mol. The Hall–Kier alpha value is -0.669. The second-order valence-corrected chi connectivity index (χ2v) is 16.6. The Kier molecular flexibility index (Phi) is 9.70. The Bertz CT molecular complexity index is 860. The van der Waals surface area contributed by atoms with Crippen molar-refractivity contribution in [1.82, 2.24) is 0 Å². The van der Waals surface area contributed by atoms with Crippen LogP contribution in [0.25, 0.3) is 16.1 Å². The van der Waals surface area contributed by atoms with Gasteiger partial charge in [-0.05, 0) is 58.0 Å². The predicted molar refractivity (Wildman–Crippen MR) is 145 cm³/mol. The van der Waals surface area contributed by atoms with Crippen molar-refractivity contribution >= 4 is 8.24 Å². The van der Waals surface area contributed by atoms with Gasteiger partial charge in [0.15, 0.2) is 0 Å². The summed E-state index contributed by atoms with van der Waals surface area (Å²) in [6.07, 6.45) is 0. The smallest absolute Gasteiger partial charge is 0.659 e. The minimum atomic E-state index is -1.95. The van der Waals surface area contributed by atoms with Crippen molar-refractivity contribution in [3.63, 3.8) is 0 Å². The van der Waals surface area contributed by atoms with E-state index in [0.29, 0.717) is 5.54 Å². The maximum atomic E-state index is 5.44. The van der Waals surface area contributed by atoms with E-state index < -0.39 is 8.24 Å². The average Bonchev–Trinajstić information content (AvgIpc) is 2.84. The maximum absolute atomic E-state index is 5.44. The fourth-order valence-electron chi connectivity index (χ4n) is 4.88. The third-order valence-corrected chi connectivity index (χ3v) is 9.36. The molecule has 1 aliphatic rings. The summed E-state index contributed by atoms with van der Waals surface area (Å²) in [4.78, 5) is 5.44. The number of rotatable bonds is 2. The molecule has 0 fully saturated rings. The summed E-state index contributed by atoms with van der Waals surface area (Å²) >= 11 is 0. The van der Waals surface area contributed by atoms with Crippen LogP contribution in [0.5, 0.6) is 0 Å². The van der Waals surface area contributed by atoms with Crippen molar-refractivity contribution in [3.05, 3.63) is 78.5 Å². The second-order valence-electron chi connectivity index (χ2n) is 12.5. The van der Waals surface area contributed by atoms with Gasteiger partial charge in [0.05, 0.1) is 0 Å². The van der Waals surface area contributed by atoms with Crippen LogP contribution in [0.2, 0.25) is 13.1 Å². The van der Waals surface area contributed by atoms with E-state index in [9.17, 15) is 0 Å². The van der Waals surface area contributed by atoms with E-state index in [4.69, 9.17) is 4.98 Å². The fraction of sp³-hybridized carbons (Fsp3) is 0.517. The van der Waals surface area contributed by atoms with Crippen LogP contribution in [-0.2, 0) is 32.5 Å². The minimum Gasteiger partial charge on any atom is -0.659 e. The van der Waals surface area contributed by atoms with E-state index in [1.807, 2.05) is 0 Å². The molecule has 0 spiro atoms. The third kappa shape index (κ3) is 6.26. The molecule has 0 amide bonds. The standard InChI is InChI=1S/C27H40NSi.2CH3.Ti/c1-25(2,3)18-12-14-20-21-15-13-19(26(4,5)6)17-23(21)24(22(20)16-18)29(10,11)28-27(7,8)9;;;/h12-17,24H,1-11H3;2*1H3;/q3*-1;+3. The van der Waals surface area contributed by atoms with Gasteiger partial charge in [-0.3, -0.25) is 0 Å². The van der Waals surface area contributed by atoms with Crippen LogP contribution in [0.3, 0.4) is 0 Å². The number of benzene rings is 2. The molecule has 0 aliphatic heterocycles. The van der Waals surface area contributed by atoms with Crippen LogP contribution >= 0.6 is 0 Å². The molecule has 0 saturated carbocycles. The molecule has 0 atom stereocenters. The van der Waals surface area contributed by atoms with E-state index in [1.54, 1.807) is 0 Å². The van der Waals surface area contributed by atoms with Crippen LogP contribution in [0.1, 0.15) is 90.1 Å². The topological polar surface area (TPSA) is 14.1 Å². The van der Waals surface area contributed by atoms with Crippen LogP contribution in [0.15, 0.2) is 36.4 Å². The summed E-state index contributed by atoms with van der Waals surface area (Å²) in [6.45, 7) is 25.5. The normalized spacial score (nSPS) is 14.0. The Morgan fingerprint density at radius 1 is 0.656 bits per heavy atom. The molecule has 0 N–H and O–H groups in total. The largest absolute Gasteiger partial charge is 3.00 e. The van der Waals surface area contributed by atoms with Gasteiger partial charge >= 0.3 is 21.7 Å². The molecule has 2 aromatic carbocycles. The molecule has 2 aromatic rings. The molecule has 1 nitrogen and oxygen atoms in total. The SMILES string of the molecule is CC(C)(C)[N-][Si](C)(C)C1c2cc(C(C)(C)C)ccc2-c2ccc(C(C)(C)C)cc21.[CH3-].[CH3-].[Ti+3]. The molecule has 1 aliphatic carbocycles. The summed E-state index contributed by atoms with van der Waals surface area (Å²) in [5.74, 6) is 0. The Morgan fingerprint density at radius 3 is 1.28 bits per heavy atom. The summed E-state index contributed by atoms with van der Waals surface area (Å²) in [5, 5.41) is 0. The summed E-state index contributed by atoms with van der Waals surface area (Å²) in [6, 6.07) is 14.4. The molecule has 0 unspecified atom stereocenters. The van der Waals surface area contributed by atoms with E-state index >= 15 is 0 Å². The molecule has 0 heterocycles. The van der Waals surface area contributed by atoms with Gasteiger partial charge in [0.1, 0.15) is 0 Å². The molecule has 32 heavy (non-hydrogen) atoms. The van der Waals surface area contributed by atoms with Crippen molar-refractivity contribution in [3.8, 4) is 11.1 Å². The van der Waals surface area contributed by atoms with Crippen LogP contribution in [0.4, 0.5) is 0 Å². The zero-order valence-corrected chi connectivity index (χ0v) is 25.6. The zero-order chi connectivity index (χ0) is 22.0. The predicted octanol–water partition coefficient (Wildman–Crippen LogP) is 9.21. The molecule has 1 radical (unpaired) electrons. The van der Waals surface area contributed by atoms with Gasteiger partial charge in [-0.15, -0.1) is 5.54 Å². The minimum absolute atomic E-state index is 0. The second kappa shape index (κ2) is 9.90. The molecule has 3 heteroatoms. The van der Waals surface area contributed by atoms with Crippen molar-refractivity contribution in [2.75, 3.05) is 0 Å². The number of nitrogens with zero attached hydrogens (tertiary/aromatic N) is 1. The van der Waals surface area contributed by atoms with Gasteiger partial charge in [-0.1, -0.05) is 112 Å². The first kappa shape index (κ1) is 31.3. The molecular weight excluding hydrogens is 438 g/mol. The first-order valence-corrected chi connectivity index (χ1v) is 14.1. The number of hydrogen-bond donors (Lipinski definition) is 0. The molecule has 175 valence electrons. The Morgan fingerprint density at radius 2 is 1.00 bits per heavy atom. The zero-order valence-electron chi connectivity index (χ0n) is 23.0.